The van der Waals surface area contributed by atoms with Crippen LogP contribution in [0, 0.1) is 0 Å². The summed E-state index contributed by atoms with van der Waals surface area (Å²) in [6, 6.07) is 2.34. The molecule has 0 aliphatic carbocycles. The van der Waals surface area contributed by atoms with E-state index < -0.39 is 0 Å². The summed E-state index contributed by atoms with van der Waals surface area (Å²) in [5.74, 6) is 0.232. The van der Waals surface area contributed by atoms with Gasteiger partial charge >= 0.3 is 0 Å². The van der Waals surface area contributed by atoms with Crippen LogP contribution in [0.1, 0.15) is 24.8 Å². The van der Waals surface area contributed by atoms with Crippen molar-refractivity contribution in [2.24, 2.45) is 0 Å². The van der Waals surface area contributed by atoms with Gasteiger partial charge in [0.25, 0.3) is 0 Å². The third-order valence-electron chi connectivity index (χ3n) is 4.64. The van der Waals surface area contributed by atoms with Crippen molar-refractivity contribution in [3.8, 4) is 0 Å². The highest BCUT2D eigenvalue weighted by molar-refractivity contribution is 7.07. The van der Waals surface area contributed by atoms with Crippen molar-refractivity contribution in [2.75, 3.05) is 32.9 Å². The summed E-state index contributed by atoms with van der Waals surface area (Å²) >= 11 is 1.67. The Morgan fingerprint density at radius 3 is 2.86 bits per heavy atom. The molecule has 0 radical (unpaired) electrons. The molecular weight excluding hydrogens is 300 g/mol. The number of hydrogen-bond donors (Lipinski definition) is 1. The summed E-state index contributed by atoms with van der Waals surface area (Å²) in [6.45, 7) is 3.73. The van der Waals surface area contributed by atoms with Crippen LogP contribution in [0.3, 0.4) is 0 Å². The van der Waals surface area contributed by atoms with Crippen LogP contribution < -0.4 is 0 Å². The van der Waals surface area contributed by atoms with Crippen LogP contribution in [0.25, 0.3) is 0 Å². The predicted molar refractivity (Wildman–Crippen MR) is 85.8 cm³/mol. The molecule has 2 aliphatic heterocycles. The molecule has 2 fully saturated rings. The van der Waals surface area contributed by atoms with Gasteiger partial charge in [-0.15, -0.1) is 0 Å². The molecule has 122 valence electrons. The third-order valence-corrected chi connectivity index (χ3v) is 5.37. The fourth-order valence-corrected chi connectivity index (χ4v) is 4.14. The van der Waals surface area contributed by atoms with E-state index >= 15 is 0 Å². The Bertz CT molecular complexity index is 474. The lowest BCUT2D eigenvalue weighted by Crippen LogP contribution is -2.46. The van der Waals surface area contributed by atoms with E-state index in [4.69, 9.17) is 4.74 Å². The zero-order valence-electron chi connectivity index (χ0n) is 12.8. The first-order valence-corrected chi connectivity index (χ1v) is 8.98. The number of ether oxygens (including phenoxy) is 1. The van der Waals surface area contributed by atoms with Crippen LogP contribution in [0.5, 0.6) is 0 Å². The zero-order valence-corrected chi connectivity index (χ0v) is 13.6. The van der Waals surface area contributed by atoms with Crippen molar-refractivity contribution in [3.05, 3.63) is 22.4 Å². The van der Waals surface area contributed by atoms with E-state index in [1.165, 1.54) is 5.56 Å². The molecule has 0 bridgehead atoms. The third kappa shape index (κ3) is 3.51. The van der Waals surface area contributed by atoms with Gasteiger partial charge in [0.15, 0.2) is 0 Å². The van der Waals surface area contributed by atoms with Crippen molar-refractivity contribution in [1.82, 2.24) is 9.80 Å². The molecule has 0 saturated carbocycles. The average Bonchev–Trinajstić information content (AvgIpc) is 3.17. The van der Waals surface area contributed by atoms with E-state index in [0.717, 1.165) is 45.6 Å². The molecule has 1 amide bonds. The Hall–Kier alpha value is -0.950. The maximum absolute atomic E-state index is 12.8. The van der Waals surface area contributed by atoms with Crippen molar-refractivity contribution in [2.45, 2.75) is 37.9 Å². The van der Waals surface area contributed by atoms with Gasteiger partial charge in [0.05, 0.1) is 12.6 Å². The van der Waals surface area contributed by atoms with Gasteiger partial charge < -0.3 is 14.7 Å². The van der Waals surface area contributed by atoms with E-state index in [2.05, 4.69) is 21.7 Å². The molecule has 0 unspecified atom stereocenters. The first kappa shape index (κ1) is 15.9. The lowest BCUT2D eigenvalue weighted by atomic mass is 10.1. The molecule has 22 heavy (non-hydrogen) atoms. The van der Waals surface area contributed by atoms with Gasteiger partial charge in [-0.3, -0.25) is 9.69 Å². The summed E-state index contributed by atoms with van der Waals surface area (Å²) in [6.07, 6.45) is 2.76. The number of carbonyl (C=O) groups is 1. The van der Waals surface area contributed by atoms with Gasteiger partial charge in [0, 0.05) is 38.9 Å². The summed E-state index contributed by atoms with van der Waals surface area (Å²) in [7, 11) is 0. The molecule has 0 aromatic carbocycles. The van der Waals surface area contributed by atoms with E-state index in [1.807, 2.05) is 4.90 Å². The van der Waals surface area contributed by atoms with Crippen molar-refractivity contribution in [1.29, 1.82) is 0 Å². The van der Waals surface area contributed by atoms with E-state index in [9.17, 15) is 9.90 Å². The number of amides is 1. The van der Waals surface area contributed by atoms with Crippen LogP contribution in [0.2, 0.25) is 0 Å². The van der Waals surface area contributed by atoms with Crippen LogP contribution >= 0.6 is 11.3 Å². The number of hydrogen-bond acceptors (Lipinski definition) is 5. The Balaban J connectivity index is 1.65. The highest BCUT2D eigenvalue weighted by Crippen LogP contribution is 2.25. The number of likely N-dealkylation sites (tertiary alicyclic amines) is 1. The van der Waals surface area contributed by atoms with Gasteiger partial charge in [-0.1, -0.05) is 0 Å². The van der Waals surface area contributed by atoms with Crippen LogP contribution in [0.15, 0.2) is 16.8 Å². The summed E-state index contributed by atoms with van der Waals surface area (Å²) in [4.78, 5) is 17.0. The molecule has 6 heteroatoms. The summed E-state index contributed by atoms with van der Waals surface area (Å²) in [5, 5.41) is 13.5. The Morgan fingerprint density at radius 1 is 1.36 bits per heavy atom. The molecule has 5 nitrogen and oxygen atoms in total. The Kier molecular flexibility index (Phi) is 5.46. The largest absolute Gasteiger partial charge is 0.395 e. The molecule has 1 N–H and O–H groups in total. The van der Waals surface area contributed by atoms with Crippen LogP contribution in [-0.2, 0) is 16.1 Å². The fourth-order valence-electron chi connectivity index (χ4n) is 3.48. The quantitative estimate of drug-likeness (QED) is 0.857. The lowest BCUT2D eigenvalue weighted by molar-refractivity contribution is -0.135. The number of aliphatic hydroxyl groups is 1. The van der Waals surface area contributed by atoms with Gasteiger partial charge in [0.2, 0.25) is 5.91 Å². The van der Waals surface area contributed by atoms with Gasteiger partial charge in [-0.2, -0.15) is 11.3 Å². The van der Waals surface area contributed by atoms with Gasteiger partial charge in [-0.25, -0.2) is 0 Å². The Labute approximate surface area is 135 Å². The average molecular weight is 324 g/mol. The second-order valence-corrected chi connectivity index (χ2v) is 6.79. The minimum Gasteiger partial charge on any atom is -0.395 e. The number of nitrogens with zero attached hydrogens (tertiary/aromatic N) is 2. The number of rotatable bonds is 6. The smallest absolute Gasteiger partial charge is 0.240 e. The number of thiophene rings is 1. The second-order valence-electron chi connectivity index (χ2n) is 6.01. The van der Waals surface area contributed by atoms with Crippen molar-refractivity contribution in [3.63, 3.8) is 0 Å². The molecule has 1 atom stereocenters. The molecule has 1 aromatic rings. The summed E-state index contributed by atoms with van der Waals surface area (Å²) in [5.41, 5.74) is 1.22. The van der Waals surface area contributed by atoms with Crippen LogP contribution in [-0.4, -0.2) is 65.8 Å². The minimum atomic E-state index is -0.0881. The van der Waals surface area contributed by atoms with Gasteiger partial charge in [-0.05, 0) is 41.7 Å². The van der Waals surface area contributed by atoms with Gasteiger partial charge in [0.1, 0.15) is 0 Å². The SMILES string of the molecule is O=C1[C@H](N(CCO)Cc2ccsc2)CCN1C1CCOCC1. The lowest BCUT2D eigenvalue weighted by Gasteiger charge is -2.32. The van der Waals surface area contributed by atoms with E-state index in [0.29, 0.717) is 12.6 Å². The summed E-state index contributed by atoms with van der Waals surface area (Å²) < 4.78 is 5.40. The van der Waals surface area contributed by atoms with Crippen molar-refractivity contribution >= 4 is 17.2 Å². The molecule has 1 aromatic heterocycles. The molecule has 2 saturated heterocycles. The maximum Gasteiger partial charge on any atom is 0.240 e. The topological polar surface area (TPSA) is 53.0 Å². The Morgan fingerprint density at radius 2 is 2.18 bits per heavy atom. The molecular formula is C16H24N2O3S. The molecule has 3 rings (SSSR count). The molecule has 0 spiro atoms. The number of aliphatic hydroxyl groups excluding tert-OH is 1. The highest BCUT2D eigenvalue weighted by atomic mass is 32.1. The van der Waals surface area contributed by atoms with E-state index in [-0.39, 0.29) is 18.6 Å². The standard InChI is InChI=1S/C16H24N2O3S/c19-7-6-17(11-13-4-10-22-12-13)15-1-5-18(16(15)20)14-2-8-21-9-3-14/h4,10,12,14-15,19H,1-3,5-9,11H2/t15-/m1/s1. The normalized spacial score (nSPS) is 23.6. The first-order valence-electron chi connectivity index (χ1n) is 8.04. The highest BCUT2D eigenvalue weighted by Gasteiger charge is 2.39. The second kappa shape index (κ2) is 7.55. The maximum atomic E-state index is 12.8. The fraction of sp³-hybridized carbons (Fsp3) is 0.688. The number of carbonyl (C=O) groups excluding carboxylic acids is 1. The van der Waals surface area contributed by atoms with Crippen LogP contribution in [0.4, 0.5) is 0 Å². The predicted octanol–water partition coefficient (Wildman–Crippen LogP) is 1.32. The van der Waals surface area contributed by atoms with Crippen molar-refractivity contribution < 1.29 is 14.6 Å². The zero-order chi connectivity index (χ0) is 15.4. The minimum absolute atomic E-state index is 0.0881. The molecule has 2 aliphatic rings. The first-order chi connectivity index (χ1) is 10.8. The van der Waals surface area contributed by atoms with E-state index in [1.54, 1.807) is 11.3 Å². The monoisotopic (exact) mass is 324 g/mol. The molecule has 3 heterocycles.